The molecule has 2 heteroatoms. The zero-order valence-corrected chi connectivity index (χ0v) is 24.3. The number of rotatable bonds is 1. The molecule has 9 aromatic rings. The standard InChI is InChI=1S/C43H25NO/c1-6-18-34-26(12-1)27-13-2-7-19-35(27)43(34)36-20-8-3-14-28(36)31-24-25-32-29-15-4-9-21-37(29)44(41(32)40(31)43)38-22-11-17-33-30-16-5-10-23-39(30)45-42(33)38/h1-25H. The number of nitrogens with zero attached hydrogens (tertiary/aromatic N) is 1. The van der Waals surface area contributed by atoms with Crippen LogP contribution in [0.1, 0.15) is 22.3 Å². The molecular formula is C43H25NO. The highest BCUT2D eigenvalue weighted by atomic mass is 16.3. The quantitative estimate of drug-likeness (QED) is 0.192. The van der Waals surface area contributed by atoms with Gasteiger partial charge in [0.2, 0.25) is 0 Å². The van der Waals surface area contributed by atoms with Crippen LogP contribution in [0.3, 0.4) is 0 Å². The number of furan rings is 1. The molecule has 2 nitrogen and oxygen atoms in total. The van der Waals surface area contributed by atoms with E-state index in [9.17, 15) is 0 Å². The molecule has 0 radical (unpaired) electrons. The monoisotopic (exact) mass is 571 g/mol. The molecule has 0 atom stereocenters. The van der Waals surface area contributed by atoms with Crippen molar-refractivity contribution >= 4 is 43.7 Å². The second-order valence-corrected chi connectivity index (χ2v) is 12.4. The SMILES string of the molecule is c1ccc2c(c1)-c1ccccc1C21c2ccccc2-c2ccc3c4ccccc4n(-c4cccc5c4oc4ccccc45)c3c21. The van der Waals surface area contributed by atoms with Crippen molar-refractivity contribution in [3.8, 4) is 27.9 Å². The molecule has 2 heterocycles. The molecule has 0 saturated heterocycles. The summed E-state index contributed by atoms with van der Waals surface area (Å²) in [7, 11) is 0. The third-order valence-electron chi connectivity index (χ3n) is 10.4. The van der Waals surface area contributed by atoms with E-state index in [0.717, 1.165) is 27.6 Å². The van der Waals surface area contributed by atoms with Gasteiger partial charge >= 0.3 is 0 Å². The largest absolute Gasteiger partial charge is 0.454 e. The fourth-order valence-corrected chi connectivity index (χ4v) is 8.79. The summed E-state index contributed by atoms with van der Waals surface area (Å²) < 4.78 is 9.19. The molecule has 0 saturated carbocycles. The molecule has 0 N–H and O–H groups in total. The molecular weight excluding hydrogens is 546 g/mol. The molecule has 0 fully saturated rings. The minimum Gasteiger partial charge on any atom is -0.454 e. The fraction of sp³-hybridized carbons (Fsp3) is 0.0233. The van der Waals surface area contributed by atoms with Crippen LogP contribution in [0.5, 0.6) is 0 Å². The van der Waals surface area contributed by atoms with Gasteiger partial charge in [-0.1, -0.05) is 133 Å². The lowest BCUT2D eigenvalue weighted by Gasteiger charge is -2.31. The van der Waals surface area contributed by atoms with E-state index in [1.54, 1.807) is 0 Å². The first-order valence-corrected chi connectivity index (χ1v) is 15.6. The van der Waals surface area contributed by atoms with Gasteiger partial charge < -0.3 is 8.98 Å². The molecule has 0 aliphatic heterocycles. The second-order valence-electron chi connectivity index (χ2n) is 12.4. The van der Waals surface area contributed by atoms with Crippen LogP contribution < -0.4 is 0 Å². The van der Waals surface area contributed by atoms with Crippen LogP contribution in [0.25, 0.3) is 71.7 Å². The molecule has 0 unspecified atom stereocenters. The van der Waals surface area contributed by atoms with Crippen molar-refractivity contribution in [1.82, 2.24) is 4.57 Å². The average Bonchev–Trinajstić information content (AvgIpc) is 3.82. The van der Waals surface area contributed by atoms with Crippen LogP contribution in [0.4, 0.5) is 0 Å². The van der Waals surface area contributed by atoms with E-state index in [0.29, 0.717) is 0 Å². The van der Waals surface area contributed by atoms with Crippen molar-refractivity contribution < 1.29 is 4.42 Å². The van der Waals surface area contributed by atoms with Crippen molar-refractivity contribution in [2.24, 2.45) is 0 Å². The fourth-order valence-electron chi connectivity index (χ4n) is 8.79. The highest BCUT2D eigenvalue weighted by Crippen LogP contribution is 2.64. The Balaban J connectivity index is 1.40. The topological polar surface area (TPSA) is 18.1 Å². The van der Waals surface area contributed by atoms with Crippen LogP contribution in [-0.4, -0.2) is 4.57 Å². The zero-order chi connectivity index (χ0) is 29.3. The van der Waals surface area contributed by atoms with E-state index in [1.165, 1.54) is 66.3 Å². The summed E-state index contributed by atoms with van der Waals surface area (Å²) in [5.74, 6) is 0. The first-order valence-electron chi connectivity index (χ1n) is 15.6. The third-order valence-corrected chi connectivity index (χ3v) is 10.4. The van der Waals surface area contributed by atoms with Crippen LogP contribution in [0.2, 0.25) is 0 Å². The zero-order valence-electron chi connectivity index (χ0n) is 24.3. The average molecular weight is 572 g/mol. The Bertz CT molecular complexity index is 2660. The summed E-state index contributed by atoms with van der Waals surface area (Å²) in [4.78, 5) is 0. The van der Waals surface area contributed by atoms with E-state index in [1.807, 2.05) is 6.07 Å². The predicted octanol–water partition coefficient (Wildman–Crippen LogP) is 11.0. The molecule has 11 rings (SSSR count). The number of benzene rings is 7. The maximum Gasteiger partial charge on any atom is 0.159 e. The molecule has 0 amide bonds. The van der Waals surface area contributed by atoms with Crippen LogP contribution in [-0.2, 0) is 5.41 Å². The number of aromatic nitrogens is 1. The van der Waals surface area contributed by atoms with E-state index in [2.05, 4.69) is 150 Å². The van der Waals surface area contributed by atoms with Crippen molar-refractivity contribution in [3.05, 3.63) is 174 Å². The van der Waals surface area contributed by atoms with Crippen molar-refractivity contribution in [3.63, 3.8) is 0 Å². The van der Waals surface area contributed by atoms with Gasteiger partial charge in [-0.2, -0.15) is 0 Å². The number of fused-ring (bicyclic) bond motifs is 17. The van der Waals surface area contributed by atoms with Crippen molar-refractivity contribution in [2.45, 2.75) is 5.41 Å². The van der Waals surface area contributed by atoms with Crippen LogP contribution in [0.15, 0.2) is 156 Å². The molecule has 2 aromatic heterocycles. The normalized spacial score (nSPS) is 14.0. The van der Waals surface area contributed by atoms with E-state index >= 15 is 0 Å². The van der Waals surface area contributed by atoms with E-state index in [4.69, 9.17) is 4.42 Å². The van der Waals surface area contributed by atoms with Crippen molar-refractivity contribution in [1.29, 1.82) is 0 Å². The number of hydrogen-bond acceptors (Lipinski definition) is 1. The van der Waals surface area contributed by atoms with Crippen LogP contribution >= 0.6 is 0 Å². The summed E-state index contributed by atoms with van der Waals surface area (Å²) in [6.45, 7) is 0. The third kappa shape index (κ3) is 2.69. The predicted molar refractivity (Wildman–Crippen MR) is 184 cm³/mol. The Morgan fingerprint density at radius 3 is 1.73 bits per heavy atom. The Morgan fingerprint density at radius 1 is 0.422 bits per heavy atom. The first kappa shape index (κ1) is 23.6. The molecule has 45 heavy (non-hydrogen) atoms. The summed E-state index contributed by atoms with van der Waals surface area (Å²) in [6, 6.07) is 55.6. The first-order chi connectivity index (χ1) is 22.4. The Kier molecular flexibility index (Phi) is 4.29. The molecule has 0 bridgehead atoms. The number of hydrogen-bond donors (Lipinski definition) is 0. The van der Waals surface area contributed by atoms with E-state index in [-0.39, 0.29) is 0 Å². The minimum atomic E-state index is -0.452. The van der Waals surface area contributed by atoms with Gasteiger partial charge in [0.25, 0.3) is 0 Å². The Morgan fingerprint density at radius 2 is 1.00 bits per heavy atom. The summed E-state index contributed by atoms with van der Waals surface area (Å²) >= 11 is 0. The maximum atomic E-state index is 6.70. The molecule has 2 aliphatic carbocycles. The van der Waals surface area contributed by atoms with Gasteiger partial charge in [0, 0.05) is 27.1 Å². The number of para-hydroxylation sites is 3. The lowest BCUT2D eigenvalue weighted by atomic mass is 9.70. The van der Waals surface area contributed by atoms with Crippen LogP contribution in [0, 0.1) is 0 Å². The minimum absolute atomic E-state index is 0.452. The lowest BCUT2D eigenvalue weighted by molar-refractivity contribution is 0.666. The van der Waals surface area contributed by atoms with Gasteiger partial charge in [-0.05, 0) is 57.1 Å². The summed E-state index contributed by atoms with van der Waals surface area (Å²) in [6.07, 6.45) is 0. The summed E-state index contributed by atoms with van der Waals surface area (Å²) in [5.41, 5.74) is 15.5. The smallest absolute Gasteiger partial charge is 0.159 e. The van der Waals surface area contributed by atoms with Gasteiger partial charge in [-0.15, -0.1) is 0 Å². The van der Waals surface area contributed by atoms with Gasteiger partial charge in [-0.3, -0.25) is 0 Å². The van der Waals surface area contributed by atoms with Gasteiger partial charge in [0.05, 0.1) is 22.1 Å². The molecule has 7 aromatic carbocycles. The second kappa shape index (κ2) is 8.19. The van der Waals surface area contributed by atoms with Gasteiger partial charge in [0.1, 0.15) is 5.58 Å². The highest BCUT2D eigenvalue weighted by Gasteiger charge is 2.53. The van der Waals surface area contributed by atoms with Gasteiger partial charge in [-0.25, -0.2) is 0 Å². The molecule has 2 aliphatic rings. The van der Waals surface area contributed by atoms with Gasteiger partial charge in [0.15, 0.2) is 5.58 Å². The Hall–Kier alpha value is -5.86. The molecule has 1 spiro atoms. The molecule has 208 valence electrons. The van der Waals surface area contributed by atoms with E-state index < -0.39 is 5.41 Å². The Labute approximate surface area is 259 Å². The highest BCUT2D eigenvalue weighted by molar-refractivity contribution is 6.16. The lowest BCUT2D eigenvalue weighted by Crippen LogP contribution is -2.26. The summed E-state index contributed by atoms with van der Waals surface area (Å²) in [5, 5.41) is 4.78. The maximum absolute atomic E-state index is 6.70. The van der Waals surface area contributed by atoms with Crippen molar-refractivity contribution in [2.75, 3.05) is 0 Å².